The van der Waals surface area contributed by atoms with Crippen molar-refractivity contribution in [3.8, 4) is 0 Å². The average molecular weight is 431 g/mol. The van der Waals surface area contributed by atoms with Gasteiger partial charge in [-0.15, -0.1) is 0 Å². The number of nitrogens with two attached hydrogens (primary N) is 1. The molecule has 0 amide bonds. The number of anilines is 3. The molecule has 0 aliphatic carbocycles. The van der Waals surface area contributed by atoms with E-state index in [0.29, 0.717) is 23.8 Å². The molecule has 160 valence electrons. The molecule has 10 heteroatoms. The Bertz CT molecular complexity index is 1170. The Labute approximate surface area is 175 Å². The van der Waals surface area contributed by atoms with Gasteiger partial charge in [0.1, 0.15) is 11.5 Å². The van der Waals surface area contributed by atoms with Crippen molar-refractivity contribution in [1.82, 2.24) is 15.0 Å². The van der Waals surface area contributed by atoms with Gasteiger partial charge in [-0.25, -0.2) is 13.6 Å². The Balaban J connectivity index is 1.69. The maximum absolute atomic E-state index is 11.6. The lowest BCUT2D eigenvalue weighted by Gasteiger charge is -2.39. The Morgan fingerprint density at radius 3 is 2.83 bits per heavy atom. The third-order valence-electron chi connectivity index (χ3n) is 5.53. The number of primary sulfonamides is 1. The number of nitrogens with zero attached hydrogens (tertiary/aromatic N) is 3. The van der Waals surface area contributed by atoms with Crippen LogP contribution in [0.5, 0.6) is 0 Å². The lowest BCUT2D eigenvalue weighted by molar-refractivity contribution is 0.0110. The van der Waals surface area contributed by atoms with Crippen LogP contribution in [0.4, 0.5) is 17.5 Å². The fourth-order valence-electron chi connectivity index (χ4n) is 3.85. The van der Waals surface area contributed by atoms with Gasteiger partial charge in [0.05, 0.1) is 15.9 Å². The van der Waals surface area contributed by atoms with E-state index in [1.54, 1.807) is 12.1 Å². The van der Waals surface area contributed by atoms with E-state index in [1.807, 2.05) is 26.1 Å². The summed E-state index contributed by atoms with van der Waals surface area (Å²) in [5.41, 5.74) is 0.431. The van der Waals surface area contributed by atoms with Crippen molar-refractivity contribution in [2.45, 2.75) is 37.2 Å². The number of benzene rings is 1. The van der Waals surface area contributed by atoms with Crippen LogP contribution in [-0.2, 0) is 10.0 Å². The number of H-pyrrole nitrogens is 1. The highest BCUT2D eigenvalue weighted by atomic mass is 32.2. The molecule has 1 aliphatic rings. The number of hydrogen-bond acceptors (Lipinski definition) is 7. The predicted octanol–water partition coefficient (Wildman–Crippen LogP) is 2.34. The van der Waals surface area contributed by atoms with Crippen molar-refractivity contribution in [2.24, 2.45) is 11.1 Å². The quantitative estimate of drug-likeness (QED) is 0.487. The van der Waals surface area contributed by atoms with Gasteiger partial charge in [-0.2, -0.15) is 9.97 Å². The van der Waals surface area contributed by atoms with Crippen LogP contribution in [0, 0.1) is 5.92 Å². The highest BCUT2D eigenvalue weighted by molar-refractivity contribution is 7.89. The molecule has 2 aromatic heterocycles. The molecule has 4 rings (SSSR count). The third-order valence-corrected chi connectivity index (χ3v) is 6.45. The van der Waals surface area contributed by atoms with Gasteiger partial charge in [0.2, 0.25) is 16.0 Å². The average Bonchev–Trinajstić information content (AvgIpc) is 3.15. The second-order valence-corrected chi connectivity index (χ2v) is 9.81. The van der Waals surface area contributed by atoms with Gasteiger partial charge in [-0.05, 0) is 51.0 Å². The van der Waals surface area contributed by atoms with Gasteiger partial charge in [-0.1, -0.05) is 6.07 Å². The monoisotopic (exact) mass is 430 g/mol. The third kappa shape index (κ3) is 4.25. The molecule has 5 N–H and O–H groups in total. The molecule has 3 aromatic rings. The number of aromatic nitrogens is 3. The van der Waals surface area contributed by atoms with Crippen molar-refractivity contribution in [3.63, 3.8) is 0 Å². The predicted molar refractivity (Wildman–Crippen MR) is 116 cm³/mol. The van der Waals surface area contributed by atoms with Gasteiger partial charge in [0.25, 0.3) is 0 Å². The maximum Gasteiger partial charge on any atom is 0.238 e. The number of aliphatic hydroxyl groups is 1. The van der Waals surface area contributed by atoms with Gasteiger partial charge in [0, 0.05) is 30.9 Å². The summed E-state index contributed by atoms with van der Waals surface area (Å²) >= 11 is 0. The molecule has 1 aromatic carbocycles. The van der Waals surface area contributed by atoms with Crippen molar-refractivity contribution in [1.29, 1.82) is 0 Å². The van der Waals surface area contributed by atoms with Gasteiger partial charge >= 0.3 is 0 Å². The van der Waals surface area contributed by atoms with Crippen molar-refractivity contribution >= 4 is 38.5 Å². The summed E-state index contributed by atoms with van der Waals surface area (Å²) in [6, 6.07) is 8.15. The summed E-state index contributed by atoms with van der Waals surface area (Å²) < 4.78 is 23.3. The minimum Gasteiger partial charge on any atom is -0.390 e. The van der Waals surface area contributed by atoms with E-state index < -0.39 is 15.6 Å². The van der Waals surface area contributed by atoms with Crippen LogP contribution >= 0.6 is 0 Å². The summed E-state index contributed by atoms with van der Waals surface area (Å²) in [7, 11) is -3.81. The zero-order chi connectivity index (χ0) is 21.5. The smallest absolute Gasteiger partial charge is 0.238 e. The van der Waals surface area contributed by atoms with E-state index in [-0.39, 0.29) is 10.8 Å². The van der Waals surface area contributed by atoms with E-state index >= 15 is 0 Å². The van der Waals surface area contributed by atoms with E-state index in [0.717, 1.165) is 30.6 Å². The molecule has 0 unspecified atom stereocenters. The Morgan fingerprint density at radius 1 is 1.30 bits per heavy atom. The summed E-state index contributed by atoms with van der Waals surface area (Å²) in [6.45, 7) is 5.22. The molecule has 0 spiro atoms. The van der Waals surface area contributed by atoms with Crippen molar-refractivity contribution < 1.29 is 13.5 Å². The number of aromatic amines is 1. The number of hydrogen-bond donors (Lipinski definition) is 4. The molecule has 0 saturated carbocycles. The van der Waals surface area contributed by atoms with Crippen LogP contribution in [0.3, 0.4) is 0 Å². The first-order chi connectivity index (χ1) is 14.1. The van der Waals surface area contributed by atoms with Crippen LogP contribution < -0.4 is 15.4 Å². The molecular formula is C20H26N6O3S. The number of rotatable bonds is 5. The van der Waals surface area contributed by atoms with Crippen molar-refractivity contribution in [2.75, 3.05) is 23.3 Å². The summed E-state index contributed by atoms with van der Waals surface area (Å²) in [5.74, 6) is 1.26. The number of nitrogens with one attached hydrogen (secondary N) is 2. The van der Waals surface area contributed by atoms with Crippen LogP contribution in [0.25, 0.3) is 11.0 Å². The first kappa shape index (κ1) is 20.6. The van der Waals surface area contributed by atoms with Crippen LogP contribution in [0.1, 0.15) is 26.7 Å². The second kappa shape index (κ2) is 7.53. The zero-order valence-corrected chi connectivity index (χ0v) is 17.8. The molecular weight excluding hydrogens is 404 g/mol. The first-order valence-corrected chi connectivity index (χ1v) is 11.4. The molecule has 30 heavy (non-hydrogen) atoms. The topological polar surface area (TPSA) is 137 Å². The zero-order valence-electron chi connectivity index (χ0n) is 17.0. The molecule has 1 saturated heterocycles. The van der Waals surface area contributed by atoms with Crippen LogP contribution in [0.15, 0.2) is 41.4 Å². The fourth-order valence-corrected chi connectivity index (χ4v) is 4.41. The molecule has 1 aliphatic heterocycles. The SMILES string of the molecule is CC(C)(O)[C@H]1CCCN(c2nc(Nc3cccc(S(N)(=O)=O)c3)nc3[nH]ccc23)C1. The fraction of sp³-hybridized carbons (Fsp3) is 0.400. The van der Waals surface area contributed by atoms with E-state index in [4.69, 9.17) is 10.1 Å². The normalized spacial score (nSPS) is 18.0. The van der Waals surface area contributed by atoms with Crippen LogP contribution in [-0.4, -0.2) is 47.2 Å². The van der Waals surface area contributed by atoms with Gasteiger partial charge < -0.3 is 20.3 Å². The maximum atomic E-state index is 11.6. The van der Waals surface area contributed by atoms with Crippen molar-refractivity contribution in [3.05, 3.63) is 36.5 Å². The highest BCUT2D eigenvalue weighted by Gasteiger charge is 2.32. The van der Waals surface area contributed by atoms with E-state index in [2.05, 4.69) is 20.2 Å². The summed E-state index contributed by atoms with van der Waals surface area (Å²) in [6.07, 6.45) is 3.74. The molecule has 0 radical (unpaired) electrons. The second-order valence-electron chi connectivity index (χ2n) is 8.25. The Kier molecular flexibility index (Phi) is 5.16. The minimum atomic E-state index is -3.81. The number of piperidine rings is 1. The minimum absolute atomic E-state index is 0.0118. The molecule has 9 nitrogen and oxygen atoms in total. The molecule has 3 heterocycles. The Hall–Kier alpha value is -2.69. The molecule has 1 fully saturated rings. The largest absolute Gasteiger partial charge is 0.390 e. The molecule has 1 atom stereocenters. The lowest BCUT2D eigenvalue weighted by Crippen LogP contribution is -2.45. The number of sulfonamides is 1. The first-order valence-electron chi connectivity index (χ1n) is 9.83. The van der Waals surface area contributed by atoms with Crippen LogP contribution in [0.2, 0.25) is 0 Å². The number of fused-ring (bicyclic) bond motifs is 1. The Morgan fingerprint density at radius 2 is 2.10 bits per heavy atom. The summed E-state index contributed by atoms with van der Waals surface area (Å²) in [4.78, 5) is 14.5. The van der Waals surface area contributed by atoms with Gasteiger partial charge in [-0.3, -0.25) is 0 Å². The van der Waals surface area contributed by atoms with E-state index in [9.17, 15) is 13.5 Å². The standard InChI is InChI=1S/C20H26N6O3S/c1-20(2,27)13-5-4-10-26(12-13)18-16-8-9-22-17(16)24-19(25-18)23-14-6-3-7-15(11-14)30(21,28)29/h3,6-9,11,13,27H,4-5,10,12H2,1-2H3,(H2,21,28,29)(H2,22,23,24,25)/t13-/m0/s1. The lowest BCUT2D eigenvalue weighted by atomic mass is 9.84. The highest BCUT2D eigenvalue weighted by Crippen LogP contribution is 2.33. The van der Waals surface area contributed by atoms with E-state index in [1.165, 1.54) is 12.1 Å². The van der Waals surface area contributed by atoms with Gasteiger partial charge in [0.15, 0.2) is 0 Å². The molecule has 0 bridgehead atoms. The summed E-state index contributed by atoms with van der Waals surface area (Å²) in [5, 5.41) is 19.7.